The van der Waals surface area contributed by atoms with Crippen molar-refractivity contribution in [3.05, 3.63) is 5.56 Å². The highest BCUT2D eigenvalue weighted by molar-refractivity contribution is 7.11. The molecule has 3 N–H and O–H groups in total. The van der Waals surface area contributed by atoms with E-state index in [2.05, 4.69) is 14.4 Å². The number of nitrogens with one attached hydrogen (secondary N) is 1. The molecular weight excluding hydrogens is 242 g/mol. The zero-order valence-electron chi connectivity index (χ0n) is 10.1. The standard InChI is InChI=1S/C10H17N3O3S/c1-4-6(5-15-2)12-9-7(10(14)16-3)8(11)13-17-9/h6,12H,4-5H2,1-3H3,(H2,11,13). The molecule has 0 aromatic carbocycles. The lowest BCUT2D eigenvalue weighted by Gasteiger charge is -2.16. The van der Waals surface area contributed by atoms with E-state index >= 15 is 0 Å². The number of methoxy groups -OCH3 is 2. The number of hydrogen-bond donors (Lipinski definition) is 2. The SMILES string of the molecule is CCC(COC)Nc1snc(N)c1C(=O)OC. The molecule has 1 heterocycles. The number of esters is 1. The summed E-state index contributed by atoms with van der Waals surface area (Å²) in [6.45, 7) is 2.58. The molecule has 0 saturated heterocycles. The first-order chi connectivity index (χ1) is 8.13. The minimum absolute atomic E-state index is 0.114. The van der Waals surface area contributed by atoms with Crippen molar-refractivity contribution in [1.29, 1.82) is 0 Å². The number of carbonyl (C=O) groups excluding carboxylic acids is 1. The van der Waals surface area contributed by atoms with Gasteiger partial charge in [-0.05, 0) is 18.0 Å². The molecule has 1 rings (SSSR count). The van der Waals surface area contributed by atoms with Crippen LogP contribution in [0.1, 0.15) is 23.7 Å². The molecule has 0 radical (unpaired) electrons. The average molecular weight is 259 g/mol. The largest absolute Gasteiger partial charge is 0.465 e. The van der Waals surface area contributed by atoms with Crippen molar-refractivity contribution < 1.29 is 14.3 Å². The van der Waals surface area contributed by atoms with Gasteiger partial charge in [-0.25, -0.2) is 4.79 Å². The number of nitrogens with zero attached hydrogens (tertiary/aromatic N) is 1. The lowest BCUT2D eigenvalue weighted by Crippen LogP contribution is -2.24. The maximum atomic E-state index is 11.5. The summed E-state index contributed by atoms with van der Waals surface area (Å²) in [5, 5.41) is 3.81. The smallest absolute Gasteiger partial charge is 0.344 e. The number of rotatable bonds is 6. The molecule has 6 nitrogen and oxygen atoms in total. The summed E-state index contributed by atoms with van der Waals surface area (Å²) in [5.41, 5.74) is 5.93. The van der Waals surface area contributed by atoms with Gasteiger partial charge in [0.2, 0.25) is 0 Å². The molecule has 0 saturated carbocycles. The van der Waals surface area contributed by atoms with Gasteiger partial charge in [0, 0.05) is 7.11 Å². The van der Waals surface area contributed by atoms with E-state index in [1.54, 1.807) is 7.11 Å². The van der Waals surface area contributed by atoms with Crippen molar-refractivity contribution >= 4 is 28.3 Å². The van der Waals surface area contributed by atoms with Gasteiger partial charge in [-0.3, -0.25) is 0 Å². The number of nitrogen functional groups attached to an aromatic ring is 1. The molecule has 0 aliphatic carbocycles. The van der Waals surface area contributed by atoms with Gasteiger partial charge in [0.15, 0.2) is 5.82 Å². The quantitative estimate of drug-likeness (QED) is 0.750. The third-order valence-corrected chi connectivity index (χ3v) is 3.10. The van der Waals surface area contributed by atoms with E-state index in [0.717, 1.165) is 18.0 Å². The van der Waals surface area contributed by atoms with Crippen molar-refractivity contribution in [3.63, 3.8) is 0 Å². The number of nitrogens with two attached hydrogens (primary N) is 1. The molecule has 1 aromatic rings. The maximum Gasteiger partial charge on any atom is 0.344 e. The van der Waals surface area contributed by atoms with Crippen LogP contribution in [0.15, 0.2) is 0 Å². The number of anilines is 2. The van der Waals surface area contributed by atoms with Crippen LogP contribution >= 0.6 is 11.5 Å². The second-order valence-electron chi connectivity index (χ2n) is 3.47. The van der Waals surface area contributed by atoms with Crippen LogP contribution in [0.5, 0.6) is 0 Å². The summed E-state index contributed by atoms with van der Waals surface area (Å²) in [4.78, 5) is 11.5. The first-order valence-electron chi connectivity index (χ1n) is 5.22. The second kappa shape index (κ2) is 6.41. The predicted octanol–water partition coefficient (Wildman–Crippen LogP) is 1.35. The Balaban J connectivity index is 2.87. The Morgan fingerprint density at radius 1 is 1.59 bits per heavy atom. The first-order valence-corrected chi connectivity index (χ1v) is 6.00. The fraction of sp³-hybridized carbons (Fsp3) is 0.600. The Labute approximate surface area is 104 Å². The second-order valence-corrected chi connectivity index (χ2v) is 4.24. The van der Waals surface area contributed by atoms with Crippen LogP contribution in [-0.4, -0.2) is 37.2 Å². The van der Waals surface area contributed by atoms with Crippen LogP contribution in [0.3, 0.4) is 0 Å². The van der Waals surface area contributed by atoms with Gasteiger partial charge in [0.1, 0.15) is 10.6 Å². The maximum absolute atomic E-state index is 11.5. The van der Waals surface area contributed by atoms with Gasteiger partial charge in [-0.15, -0.1) is 0 Å². The molecule has 0 bridgehead atoms. The molecule has 0 fully saturated rings. The molecular formula is C10H17N3O3S. The van der Waals surface area contributed by atoms with Crippen LogP contribution in [0.2, 0.25) is 0 Å². The fourth-order valence-electron chi connectivity index (χ4n) is 1.35. The number of ether oxygens (including phenoxy) is 2. The summed E-state index contributed by atoms with van der Waals surface area (Å²) in [6, 6.07) is 0.114. The van der Waals surface area contributed by atoms with Crippen molar-refractivity contribution in [2.24, 2.45) is 0 Å². The van der Waals surface area contributed by atoms with Crippen molar-refractivity contribution in [3.8, 4) is 0 Å². The van der Waals surface area contributed by atoms with Gasteiger partial charge in [-0.2, -0.15) is 4.37 Å². The topological polar surface area (TPSA) is 86.5 Å². The highest BCUT2D eigenvalue weighted by atomic mass is 32.1. The van der Waals surface area contributed by atoms with Gasteiger partial charge in [0.05, 0.1) is 19.8 Å². The summed E-state index contributed by atoms with van der Waals surface area (Å²) in [5.74, 6) is -0.289. The monoisotopic (exact) mass is 259 g/mol. The van der Waals surface area contributed by atoms with Crippen LogP contribution < -0.4 is 11.1 Å². The zero-order chi connectivity index (χ0) is 12.8. The van der Waals surface area contributed by atoms with Gasteiger partial charge in [0.25, 0.3) is 0 Å². The molecule has 7 heteroatoms. The highest BCUT2D eigenvalue weighted by Crippen LogP contribution is 2.28. The van der Waals surface area contributed by atoms with E-state index in [0.29, 0.717) is 17.2 Å². The van der Waals surface area contributed by atoms with E-state index in [4.69, 9.17) is 10.5 Å². The molecule has 1 aromatic heterocycles. The summed E-state index contributed by atoms with van der Waals surface area (Å²) >= 11 is 1.15. The molecule has 0 spiro atoms. The van der Waals surface area contributed by atoms with E-state index < -0.39 is 5.97 Å². The fourth-order valence-corrected chi connectivity index (χ4v) is 2.13. The first kappa shape index (κ1) is 13.7. The Bertz CT molecular complexity index is 381. The average Bonchev–Trinajstić information content (AvgIpc) is 2.69. The lowest BCUT2D eigenvalue weighted by atomic mass is 10.2. The number of aromatic nitrogens is 1. The highest BCUT2D eigenvalue weighted by Gasteiger charge is 2.21. The van der Waals surface area contributed by atoms with Gasteiger partial charge in [-0.1, -0.05) is 6.92 Å². The van der Waals surface area contributed by atoms with Crippen LogP contribution in [0, 0.1) is 0 Å². The minimum Gasteiger partial charge on any atom is -0.465 e. The molecule has 0 aliphatic rings. The molecule has 0 aliphatic heterocycles. The lowest BCUT2D eigenvalue weighted by molar-refractivity contribution is 0.0603. The molecule has 1 atom stereocenters. The molecule has 96 valence electrons. The predicted molar refractivity (Wildman–Crippen MR) is 67.4 cm³/mol. The Morgan fingerprint density at radius 2 is 2.29 bits per heavy atom. The normalized spacial score (nSPS) is 12.2. The zero-order valence-corrected chi connectivity index (χ0v) is 11.0. The third-order valence-electron chi connectivity index (χ3n) is 2.30. The Hall–Kier alpha value is -1.34. The van der Waals surface area contributed by atoms with E-state index in [-0.39, 0.29) is 11.9 Å². The number of hydrogen-bond acceptors (Lipinski definition) is 7. The molecule has 17 heavy (non-hydrogen) atoms. The van der Waals surface area contributed by atoms with Gasteiger partial charge >= 0.3 is 5.97 Å². The summed E-state index contributed by atoms with van der Waals surface area (Å²) in [6.07, 6.45) is 0.867. The van der Waals surface area contributed by atoms with Crippen molar-refractivity contribution in [1.82, 2.24) is 4.37 Å². The molecule has 1 unspecified atom stereocenters. The summed E-state index contributed by atoms with van der Waals surface area (Å²) < 4.78 is 13.7. The van der Waals surface area contributed by atoms with E-state index in [9.17, 15) is 4.79 Å². The summed E-state index contributed by atoms with van der Waals surface area (Å²) in [7, 11) is 2.95. The molecule has 0 amide bonds. The Kier molecular flexibility index (Phi) is 5.17. The van der Waals surface area contributed by atoms with Crippen LogP contribution in [-0.2, 0) is 9.47 Å². The van der Waals surface area contributed by atoms with Crippen LogP contribution in [0.25, 0.3) is 0 Å². The van der Waals surface area contributed by atoms with E-state index in [1.165, 1.54) is 7.11 Å². The minimum atomic E-state index is -0.481. The van der Waals surface area contributed by atoms with Crippen molar-refractivity contribution in [2.75, 3.05) is 31.9 Å². The van der Waals surface area contributed by atoms with Gasteiger partial charge < -0.3 is 20.5 Å². The Morgan fingerprint density at radius 3 is 2.82 bits per heavy atom. The third kappa shape index (κ3) is 3.31. The van der Waals surface area contributed by atoms with Crippen LogP contribution in [0.4, 0.5) is 10.8 Å². The number of carbonyl (C=O) groups is 1. The van der Waals surface area contributed by atoms with Crippen molar-refractivity contribution in [2.45, 2.75) is 19.4 Å². The van der Waals surface area contributed by atoms with E-state index in [1.807, 2.05) is 6.92 Å².